The number of ether oxygens (including phenoxy) is 1. The minimum atomic E-state index is 0.846. The molecule has 0 saturated carbocycles. The smallest absolute Gasteiger partial charge is 0.140 e. The van der Waals surface area contributed by atoms with E-state index in [-0.39, 0.29) is 0 Å². The lowest BCUT2D eigenvalue weighted by Crippen LogP contribution is -1.90. The highest BCUT2D eigenvalue weighted by molar-refractivity contribution is 5.83. The van der Waals surface area contributed by atoms with Crippen molar-refractivity contribution < 1.29 is 4.74 Å². The topological polar surface area (TPSA) is 22.1 Å². The highest BCUT2D eigenvalue weighted by atomic mass is 16.5. The van der Waals surface area contributed by atoms with Gasteiger partial charge in [-0.2, -0.15) is 0 Å². The Morgan fingerprint density at radius 3 is 2.77 bits per heavy atom. The van der Waals surface area contributed by atoms with Crippen LogP contribution in [0.1, 0.15) is 5.56 Å². The first kappa shape index (κ1) is 8.05. The van der Waals surface area contributed by atoms with E-state index in [0.29, 0.717) is 0 Å². The predicted molar refractivity (Wildman–Crippen MR) is 53.0 cm³/mol. The molecule has 0 aliphatic heterocycles. The molecule has 0 radical (unpaired) electrons. The number of pyridine rings is 1. The van der Waals surface area contributed by atoms with Gasteiger partial charge < -0.3 is 4.74 Å². The van der Waals surface area contributed by atoms with Crippen LogP contribution in [0, 0.1) is 6.92 Å². The van der Waals surface area contributed by atoms with Crippen molar-refractivity contribution in [3.05, 3.63) is 36.0 Å². The molecule has 0 unspecified atom stereocenters. The molecule has 0 atom stereocenters. The largest absolute Gasteiger partial charge is 0.495 e. The van der Waals surface area contributed by atoms with E-state index >= 15 is 0 Å². The fourth-order valence-corrected chi connectivity index (χ4v) is 1.47. The van der Waals surface area contributed by atoms with Gasteiger partial charge in [0.15, 0.2) is 0 Å². The van der Waals surface area contributed by atoms with Crippen LogP contribution in [0.4, 0.5) is 0 Å². The second-order valence-corrected chi connectivity index (χ2v) is 2.97. The quantitative estimate of drug-likeness (QED) is 0.661. The molecular formula is C11H11NO. The Hall–Kier alpha value is -1.57. The number of methoxy groups -OCH3 is 1. The number of para-hydroxylation sites is 1. The molecule has 1 heterocycles. The normalized spacial score (nSPS) is 10.3. The van der Waals surface area contributed by atoms with Gasteiger partial charge in [0.1, 0.15) is 5.75 Å². The average Bonchev–Trinajstić information content (AvgIpc) is 2.19. The van der Waals surface area contributed by atoms with Crippen LogP contribution in [0.3, 0.4) is 0 Å². The van der Waals surface area contributed by atoms with E-state index in [1.807, 2.05) is 25.1 Å². The molecule has 0 saturated heterocycles. The van der Waals surface area contributed by atoms with Crippen LogP contribution in [-0.4, -0.2) is 12.1 Å². The molecule has 13 heavy (non-hydrogen) atoms. The zero-order chi connectivity index (χ0) is 9.26. The summed E-state index contributed by atoms with van der Waals surface area (Å²) in [5.74, 6) is 0.846. The summed E-state index contributed by atoms with van der Waals surface area (Å²) in [6.45, 7) is 2.04. The van der Waals surface area contributed by atoms with Crippen LogP contribution in [0.2, 0.25) is 0 Å². The molecule has 0 aliphatic carbocycles. The van der Waals surface area contributed by atoms with Crippen LogP contribution in [0.25, 0.3) is 10.9 Å². The zero-order valence-corrected chi connectivity index (χ0v) is 7.74. The van der Waals surface area contributed by atoms with Crippen LogP contribution < -0.4 is 4.74 Å². The van der Waals surface area contributed by atoms with Crippen LogP contribution >= 0.6 is 0 Å². The number of hydrogen-bond acceptors (Lipinski definition) is 2. The predicted octanol–water partition coefficient (Wildman–Crippen LogP) is 2.55. The van der Waals surface area contributed by atoms with E-state index in [1.165, 1.54) is 0 Å². The fourth-order valence-electron chi connectivity index (χ4n) is 1.47. The molecule has 1 aromatic heterocycles. The maximum Gasteiger partial charge on any atom is 0.140 e. The number of hydrogen-bond donors (Lipinski definition) is 0. The zero-order valence-electron chi connectivity index (χ0n) is 7.74. The van der Waals surface area contributed by atoms with Gasteiger partial charge in [-0.05, 0) is 13.0 Å². The van der Waals surface area contributed by atoms with Gasteiger partial charge in [-0.3, -0.25) is 4.98 Å². The second-order valence-electron chi connectivity index (χ2n) is 2.97. The lowest BCUT2D eigenvalue weighted by atomic mass is 10.1. The van der Waals surface area contributed by atoms with Gasteiger partial charge in [-0.1, -0.05) is 18.2 Å². The van der Waals surface area contributed by atoms with Crippen molar-refractivity contribution >= 4 is 10.9 Å². The highest BCUT2D eigenvalue weighted by Gasteiger charge is 2.02. The first-order chi connectivity index (χ1) is 6.33. The molecule has 0 amide bonds. The van der Waals surface area contributed by atoms with Crippen LogP contribution in [-0.2, 0) is 0 Å². The Morgan fingerprint density at radius 1 is 1.23 bits per heavy atom. The van der Waals surface area contributed by atoms with Crippen molar-refractivity contribution in [3.63, 3.8) is 0 Å². The van der Waals surface area contributed by atoms with E-state index in [1.54, 1.807) is 13.3 Å². The van der Waals surface area contributed by atoms with Crippen molar-refractivity contribution in [3.8, 4) is 5.75 Å². The molecule has 2 heteroatoms. The molecule has 0 fully saturated rings. The molecule has 0 bridgehead atoms. The minimum Gasteiger partial charge on any atom is -0.495 e. The number of fused-ring (bicyclic) bond motifs is 1. The summed E-state index contributed by atoms with van der Waals surface area (Å²) in [5, 5.41) is 1.15. The lowest BCUT2D eigenvalue weighted by Gasteiger charge is -2.06. The monoisotopic (exact) mass is 173 g/mol. The van der Waals surface area contributed by atoms with Gasteiger partial charge in [0.25, 0.3) is 0 Å². The van der Waals surface area contributed by atoms with Gasteiger partial charge >= 0.3 is 0 Å². The van der Waals surface area contributed by atoms with Gasteiger partial charge in [0, 0.05) is 10.9 Å². The number of nitrogens with zero attached hydrogens (tertiary/aromatic N) is 1. The molecular weight excluding hydrogens is 162 g/mol. The van der Waals surface area contributed by atoms with E-state index in [0.717, 1.165) is 22.2 Å². The van der Waals surface area contributed by atoms with E-state index in [2.05, 4.69) is 11.1 Å². The molecule has 0 N–H and O–H groups in total. The SMILES string of the molecule is COc1cnc2ccccc2c1C. The third kappa shape index (κ3) is 1.24. The Kier molecular flexibility index (Phi) is 1.89. The third-order valence-corrected chi connectivity index (χ3v) is 2.22. The molecule has 0 spiro atoms. The van der Waals surface area contributed by atoms with Crippen LogP contribution in [0.5, 0.6) is 5.75 Å². The summed E-state index contributed by atoms with van der Waals surface area (Å²) in [7, 11) is 1.67. The number of rotatable bonds is 1. The molecule has 2 aromatic rings. The Balaban J connectivity index is 2.79. The summed E-state index contributed by atoms with van der Waals surface area (Å²) in [5.41, 5.74) is 2.16. The van der Waals surface area contributed by atoms with Gasteiger partial charge in [0.2, 0.25) is 0 Å². The third-order valence-electron chi connectivity index (χ3n) is 2.22. The summed E-state index contributed by atoms with van der Waals surface area (Å²) < 4.78 is 5.19. The summed E-state index contributed by atoms with van der Waals surface area (Å²) in [4.78, 5) is 4.29. The molecule has 66 valence electrons. The van der Waals surface area contributed by atoms with Crippen molar-refractivity contribution in [2.24, 2.45) is 0 Å². The molecule has 1 aromatic carbocycles. The number of aryl methyl sites for hydroxylation is 1. The number of benzene rings is 1. The van der Waals surface area contributed by atoms with Gasteiger partial charge in [0.05, 0.1) is 18.8 Å². The summed E-state index contributed by atoms with van der Waals surface area (Å²) in [6, 6.07) is 8.06. The summed E-state index contributed by atoms with van der Waals surface area (Å²) in [6.07, 6.45) is 1.76. The minimum absolute atomic E-state index is 0.846. The second kappa shape index (κ2) is 3.05. The Bertz CT molecular complexity index is 437. The standard InChI is InChI=1S/C11H11NO/c1-8-9-5-3-4-6-10(9)12-7-11(8)13-2/h3-7H,1-2H3. The Morgan fingerprint density at radius 2 is 2.00 bits per heavy atom. The fraction of sp³-hybridized carbons (Fsp3) is 0.182. The van der Waals surface area contributed by atoms with E-state index in [9.17, 15) is 0 Å². The average molecular weight is 173 g/mol. The van der Waals surface area contributed by atoms with E-state index in [4.69, 9.17) is 4.74 Å². The van der Waals surface area contributed by atoms with Gasteiger partial charge in [-0.25, -0.2) is 0 Å². The molecule has 2 nitrogen and oxygen atoms in total. The van der Waals surface area contributed by atoms with Crippen molar-refractivity contribution in [1.29, 1.82) is 0 Å². The first-order valence-electron chi connectivity index (χ1n) is 4.21. The van der Waals surface area contributed by atoms with Crippen molar-refractivity contribution in [1.82, 2.24) is 4.98 Å². The maximum absolute atomic E-state index is 5.19. The van der Waals surface area contributed by atoms with Crippen molar-refractivity contribution in [2.75, 3.05) is 7.11 Å². The highest BCUT2D eigenvalue weighted by Crippen LogP contribution is 2.24. The summed E-state index contributed by atoms with van der Waals surface area (Å²) >= 11 is 0. The maximum atomic E-state index is 5.19. The van der Waals surface area contributed by atoms with Crippen molar-refractivity contribution in [2.45, 2.75) is 6.92 Å². The van der Waals surface area contributed by atoms with Gasteiger partial charge in [-0.15, -0.1) is 0 Å². The number of aromatic nitrogens is 1. The Labute approximate surface area is 77.2 Å². The molecule has 2 rings (SSSR count). The van der Waals surface area contributed by atoms with Crippen LogP contribution in [0.15, 0.2) is 30.5 Å². The first-order valence-corrected chi connectivity index (χ1v) is 4.21. The lowest BCUT2D eigenvalue weighted by molar-refractivity contribution is 0.411. The molecule has 0 aliphatic rings. The van der Waals surface area contributed by atoms with E-state index < -0.39 is 0 Å².